The highest BCUT2D eigenvalue weighted by Crippen LogP contribution is 2.40. The van der Waals surface area contributed by atoms with Gasteiger partial charge in [0.15, 0.2) is 5.78 Å². The molecule has 0 unspecified atom stereocenters. The van der Waals surface area contributed by atoms with Gasteiger partial charge in [0.05, 0.1) is 0 Å². The van der Waals surface area contributed by atoms with Gasteiger partial charge >= 0.3 is 0 Å². The summed E-state index contributed by atoms with van der Waals surface area (Å²) in [5.41, 5.74) is 7.04. The first kappa shape index (κ1) is 17.0. The predicted molar refractivity (Wildman–Crippen MR) is 117 cm³/mol. The maximum atomic E-state index is 12.9. The van der Waals surface area contributed by atoms with Crippen LogP contribution in [0.1, 0.15) is 40.7 Å². The third-order valence-corrected chi connectivity index (χ3v) is 5.93. The highest BCUT2D eigenvalue weighted by atomic mass is 16.1. The number of allylic oxidation sites excluding steroid dienone is 4. The number of hydrogen-bond acceptors (Lipinski definition) is 2. The zero-order valence-electron chi connectivity index (χ0n) is 16.1. The summed E-state index contributed by atoms with van der Waals surface area (Å²) in [5.74, 6) is 0.264. The van der Waals surface area contributed by atoms with E-state index in [4.69, 9.17) is 0 Å². The van der Waals surface area contributed by atoms with Gasteiger partial charge < -0.3 is 4.90 Å². The molecule has 0 atom stereocenters. The molecule has 3 aromatic carbocycles. The Morgan fingerprint density at radius 1 is 1.00 bits per heavy atom. The highest BCUT2D eigenvalue weighted by molar-refractivity contribution is 6.16. The molecule has 0 fully saturated rings. The number of carbonyl (C=O) groups excluding carboxylic acids is 1. The Bertz CT molecular complexity index is 1140. The van der Waals surface area contributed by atoms with Gasteiger partial charge in [-0.2, -0.15) is 0 Å². The van der Waals surface area contributed by atoms with Gasteiger partial charge in [0.1, 0.15) is 0 Å². The molecule has 0 saturated heterocycles. The maximum Gasteiger partial charge on any atom is 0.168 e. The number of Topliss-reactive ketones (excluding diaryl/α,β-unsaturated/α-hetero) is 1. The highest BCUT2D eigenvalue weighted by Gasteiger charge is 2.26. The van der Waals surface area contributed by atoms with Gasteiger partial charge in [-0.1, -0.05) is 66.3 Å². The quantitative estimate of drug-likeness (QED) is 0.553. The van der Waals surface area contributed by atoms with Crippen LogP contribution in [-0.2, 0) is 6.54 Å². The Balaban J connectivity index is 1.55. The molecule has 0 N–H and O–H groups in total. The lowest BCUT2D eigenvalue weighted by molar-refractivity contribution is 0.0992. The van der Waals surface area contributed by atoms with Crippen molar-refractivity contribution in [1.82, 2.24) is 0 Å². The van der Waals surface area contributed by atoms with Crippen molar-refractivity contribution in [2.75, 3.05) is 11.9 Å². The molecule has 0 aliphatic heterocycles. The first-order valence-corrected chi connectivity index (χ1v) is 9.95. The molecule has 0 radical (unpaired) electrons. The summed E-state index contributed by atoms with van der Waals surface area (Å²) in [4.78, 5) is 15.2. The summed E-state index contributed by atoms with van der Waals surface area (Å²) in [6, 6.07) is 21.3. The zero-order chi connectivity index (χ0) is 19.1. The molecule has 3 aromatic rings. The summed E-state index contributed by atoms with van der Waals surface area (Å²) >= 11 is 0. The van der Waals surface area contributed by atoms with Crippen LogP contribution in [0, 0.1) is 0 Å². The second-order valence-corrected chi connectivity index (χ2v) is 7.79. The van der Waals surface area contributed by atoms with Crippen molar-refractivity contribution < 1.29 is 4.79 Å². The molecular formula is C26H23NO. The third-order valence-electron chi connectivity index (χ3n) is 5.93. The number of ketones is 1. The summed E-state index contributed by atoms with van der Waals surface area (Å²) in [6.45, 7) is 0.858. The van der Waals surface area contributed by atoms with E-state index in [1.54, 1.807) is 0 Å². The van der Waals surface area contributed by atoms with E-state index in [0.29, 0.717) is 6.42 Å². The van der Waals surface area contributed by atoms with Gasteiger partial charge in [-0.15, -0.1) is 0 Å². The van der Waals surface area contributed by atoms with E-state index in [0.717, 1.165) is 47.0 Å². The number of carbonyl (C=O) groups is 1. The van der Waals surface area contributed by atoms with Gasteiger partial charge in [0, 0.05) is 31.3 Å². The molecule has 0 heterocycles. The monoisotopic (exact) mass is 365 g/mol. The summed E-state index contributed by atoms with van der Waals surface area (Å²) in [6.07, 6.45) is 7.06. The SMILES string of the molecule is CN(Cc1ccccc1)c1ccc2c3c(ccc2c1)C1=C(CCC=C1)CC3=O. The Hall–Kier alpha value is -3.13. The van der Waals surface area contributed by atoms with Gasteiger partial charge in [0.25, 0.3) is 0 Å². The Labute approximate surface area is 165 Å². The summed E-state index contributed by atoms with van der Waals surface area (Å²) in [7, 11) is 2.11. The van der Waals surface area contributed by atoms with Crippen LogP contribution in [0.3, 0.4) is 0 Å². The largest absolute Gasteiger partial charge is 0.370 e. The van der Waals surface area contributed by atoms with Crippen molar-refractivity contribution in [1.29, 1.82) is 0 Å². The summed E-state index contributed by atoms with van der Waals surface area (Å²) in [5, 5.41) is 2.21. The van der Waals surface area contributed by atoms with E-state index in [2.05, 4.69) is 78.7 Å². The molecule has 0 amide bonds. The van der Waals surface area contributed by atoms with Crippen molar-refractivity contribution in [3.8, 4) is 0 Å². The van der Waals surface area contributed by atoms with Crippen molar-refractivity contribution in [2.24, 2.45) is 0 Å². The van der Waals surface area contributed by atoms with E-state index < -0.39 is 0 Å². The normalized spacial score (nSPS) is 15.5. The van der Waals surface area contributed by atoms with Crippen molar-refractivity contribution >= 4 is 27.8 Å². The molecule has 138 valence electrons. The maximum absolute atomic E-state index is 12.9. The van der Waals surface area contributed by atoms with Crippen LogP contribution in [0.25, 0.3) is 16.3 Å². The Morgan fingerprint density at radius 2 is 1.86 bits per heavy atom. The van der Waals surface area contributed by atoms with Crippen LogP contribution in [0.2, 0.25) is 0 Å². The van der Waals surface area contributed by atoms with Crippen LogP contribution in [-0.4, -0.2) is 12.8 Å². The second kappa shape index (κ2) is 6.79. The molecule has 28 heavy (non-hydrogen) atoms. The van der Waals surface area contributed by atoms with Crippen molar-refractivity contribution in [3.05, 3.63) is 95.1 Å². The molecule has 0 bridgehead atoms. The molecule has 2 aliphatic carbocycles. The number of anilines is 1. The summed E-state index contributed by atoms with van der Waals surface area (Å²) < 4.78 is 0. The lowest BCUT2D eigenvalue weighted by Crippen LogP contribution is -2.16. The van der Waals surface area contributed by atoms with Crippen LogP contribution < -0.4 is 4.90 Å². The lowest BCUT2D eigenvalue weighted by atomic mass is 9.79. The van der Waals surface area contributed by atoms with E-state index >= 15 is 0 Å². The average Bonchev–Trinajstić information content (AvgIpc) is 2.73. The topological polar surface area (TPSA) is 20.3 Å². The minimum absolute atomic E-state index is 0.264. The fourth-order valence-electron chi connectivity index (χ4n) is 4.49. The first-order chi connectivity index (χ1) is 13.7. The van der Waals surface area contributed by atoms with E-state index in [1.807, 2.05) is 6.07 Å². The molecule has 0 spiro atoms. The van der Waals surface area contributed by atoms with E-state index in [1.165, 1.54) is 16.7 Å². The number of rotatable bonds is 3. The first-order valence-electron chi connectivity index (χ1n) is 9.95. The number of nitrogens with zero attached hydrogens (tertiary/aromatic N) is 1. The Kier molecular flexibility index (Phi) is 4.12. The van der Waals surface area contributed by atoms with Crippen LogP contribution >= 0.6 is 0 Å². The molecule has 0 aromatic heterocycles. The molecular weight excluding hydrogens is 342 g/mol. The minimum atomic E-state index is 0.264. The fraction of sp³-hybridized carbons (Fsp3) is 0.192. The molecule has 2 nitrogen and oxygen atoms in total. The van der Waals surface area contributed by atoms with E-state index in [-0.39, 0.29) is 5.78 Å². The van der Waals surface area contributed by atoms with Crippen LogP contribution in [0.5, 0.6) is 0 Å². The van der Waals surface area contributed by atoms with Crippen molar-refractivity contribution in [2.45, 2.75) is 25.8 Å². The predicted octanol–water partition coefficient (Wildman–Crippen LogP) is 6.17. The van der Waals surface area contributed by atoms with Crippen LogP contribution in [0.15, 0.2) is 78.4 Å². The molecule has 2 aliphatic rings. The standard InChI is InChI=1S/C26H23NO/c1-27(17-18-7-3-2-4-8-18)21-12-14-23-20(15-21)11-13-24-22-10-6-5-9-19(22)16-25(28)26(23)24/h2-4,6-8,10-15H,5,9,16-17H2,1H3. The number of hydrogen-bond donors (Lipinski definition) is 0. The number of benzene rings is 3. The van der Waals surface area contributed by atoms with E-state index in [9.17, 15) is 4.79 Å². The second-order valence-electron chi connectivity index (χ2n) is 7.79. The van der Waals surface area contributed by atoms with Crippen molar-refractivity contribution in [3.63, 3.8) is 0 Å². The van der Waals surface area contributed by atoms with Gasteiger partial charge in [-0.3, -0.25) is 4.79 Å². The smallest absolute Gasteiger partial charge is 0.168 e. The fourth-order valence-corrected chi connectivity index (χ4v) is 4.49. The van der Waals surface area contributed by atoms with Gasteiger partial charge in [0.2, 0.25) is 0 Å². The molecule has 0 saturated carbocycles. The zero-order valence-corrected chi connectivity index (χ0v) is 16.1. The lowest BCUT2D eigenvalue weighted by Gasteiger charge is -2.25. The molecule has 2 heteroatoms. The van der Waals surface area contributed by atoms with Gasteiger partial charge in [-0.05, 0) is 52.4 Å². The van der Waals surface area contributed by atoms with Crippen LogP contribution in [0.4, 0.5) is 5.69 Å². The minimum Gasteiger partial charge on any atom is -0.370 e. The third kappa shape index (κ3) is 2.86. The van der Waals surface area contributed by atoms with Gasteiger partial charge in [-0.25, -0.2) is 0 Å². The number of fused-ring (bicyclic) bond motifs is 4. The average molecular weight is 365 g/mol. The molecule has 5 rings (SSSR count). The Morgan fingerprint density at radius 3 is 2.71 bits per heavy atom.